The van der Waals surface area contributed by atoms with Gasteiger partial charge in [-0.3, -0.25) is 0 Å². The van der Waals surface area contributed by atoms with Gasteiger partial charge in [-0.1, -0.05) is 0 Å². The molecule has 0 saturated heterocycles. The van der Waals surface area contributed by atoms with Gasteiger partial charge in [0.05, 0.1) is 12.3 Å². The van der Waals surface area contributed by atoms with Crippen LogP contribution in [0.5, 0.6) is 0 Å². The van der Waals surface area contributed by atoms with Crippen LogP contribution in [0.25, 0.3) is 0 Å². The molecule has 2 rings (SSSR count). The lowest BCUT2D eigenvalue weighted by molar-refractivity contribution is -0.0823. The van der Waals surface area contributed by atoms with Crippen LogP contribution in [-0.2, 0) is 4.74 Å². The predicted octanol–water partition coefficient (Wildman–Crippen LogP) is -0.461. The number of nitrogens with zero attached hydrogens (tertiary/aromatic N) is 1. The first-order valence-electron chi connectivity index (χ1n) is 6.80. The molecule has 0 fully saturated rings. The minimum absolute atomic E-state index is 0.0108. The van der Waals surface area contributed by atoms with Crippen LogP contribution in [0.4, 0.5) is 14.5 Å². The second-order valence-electron chi connectivity index (χ2n) is 5.12. The van der Waals surface area contributed by atoms with E-state index in [2.05, 4.69) is 5.32 Å². The zero-order valence-corrected chi connectivity index (χ0v) is 12.2. The number of hydrogen-bond acceptors (Lipinski definition) is 7. The highest BCUT2D eigenvalue weighted by molar-refractivity contribution is 5.45. The third-order valence-electron chi connectivity index (χ3n) is 3.35. The van der Waals surface area contributed by atoms with Gasteiger partial charge >= 0.3 is 0 Å². The zero-order valence-electron chi connectivity index (χ0n) is 12.2. The molecule has 0 radical (unpaired) electrons. The third kappa shape index (κ3) is 3.88. The quantitative estimate of drug-likeness (QED) is 0.480. The first kappa shape index (κ1) is 17.4. The summed E-state index contributed by atoms with van der Waals surface area (Å²) in [5.41, 5.74) is -0.0108. The summed E-state index contributed by atoms with van der Waals surface area (Å²) in [7, 11) is 1.56. The molecule has 4 unspecified atom stereocenters. The predicted molar refractivity (Wildman–Crippen MR) is 75.8 cm³/mol. The van der Waals surface area contributed by atoms with Gasteiger partial charge in [0.15, 0.2) is 0 Å². The summed E-state index contributed by atoms with van der Waals surface area (Å²) in [4.78, 5) is 1.44. The van der Waals surface area contributed by atoms with Gasteiger partial charge < -0.3 is 35.4 Å². The maximum atomic E-state index is 13.6. The van der Waals surface area contributed by atoms with Crippen molar-refractivity contribution in [3.63, 3.8) is 0 Å². The van der Waals surface area contributed by atoms with Gasteiger partial charge in [0.25, 0.3) is 0 Å². The normalized spacial score (nSPS) is 21.4. The van der Waals surface area contributed by atoms with Crippen LogP contribution in [0.3, 0.4) is 0 Å². The summed E-state index contributed by atoms with van der Waals surface area (Å²) in [5.74, 6) is -1.61. The van der Waals surface area contributed by atoms with Crippen molar-refractivity contribution in [2.75, 3.05) is 19.0 Å². The molecule has 5 N–H and O–H groups in total. The van der Waals surface area contributed by atoms with E-state index in [0.29, 0.717) is 6.07 Å². The summed E-state index contributed by atoms with van der Waals surface area (Å²) in [6, 6.07) is 2.98. The van der Waals surface area contributed by atoms with Crippen LogP contribution in [0.15, 0.2) is 30.2 Å². The number of anilines is 1. The number of aliphatic hydroxyl groups is 4. The van der Waals surface area contributed by atoms with Gasteiger partial charge in [-0.25, -0.2) is 8.78 Å². The van der Waals surface area contributed by atoms with E-state index >= 15 is 0 Å². The van der Waals surface area contributed by atoms with E-state index in [1.54, 1.807) is 7.05 Å². The Labute approximate surface area is 131 Å². The zero-order chi connectivity index (χ0) is 17.1. The van der Waals surface area contributed by atoms with E-state index in [9.17, 15) is 24.1 Å². The Hall–Kier alpha value is -1.94. The number of aliphatic hydroxyl groups excluding tert-OH is 4. The van der Waals surface area contributed by atoms with Crippen molar-refractivity contribution in [3.05, 3.63) is 41.8 Å². The Kier molecular flexibility index (Phi) is 5.37. The van der Waals surface area contributed by atoms with Gasteiger partial charge in [0.2, 0.25) is 6.35 Å². The number of benzene rings is 1. The van der Waals surface area contributed by atoms with Gasteiger partial charge in [-0.2, -0.15) is 0 Å². The van der Waals surface area contributed by atoms with Crippen molar-refractivity contribution in [2.24, 2.45) is 0 Å². The average Bonchev–Trinajstić information content (AvgIpc) is 2.88. The number of halogens is 2. The summed E-state index contributed by atoms with van der Waals surface area (Å²) < 4.78 is 31.9. The van der Waals surface area contributed by atoms with Crippen LogP contribution >= 0.6 is 0 Å². The van der Waals surface area contributed by atoms with E-state index in [1.807, 2.05) is 0 Å². The molecule has 1 aliphatic heterocycles. The minimum Gasteiger partial charge on any atom is -0.452 e. The number of ether oxygens (including phenoxy) is 1. The minimum atomic E-state index is -1.65. The summed E-state index contributed by atoms with van der Waals surface area (Å²) in [6.45, 7) is -0.732. The highest BCUT2D eigenvalue weighted by Gasteiger charge is 2.34. The van der Waals surface area contributed by atoms with Crippen LogP contribution in [0.2, 0.25) is 0 Å². The Morgan fingerprint density at radius 1 is 1.30 bits per heavy atom. The van der Waals surface area contributed by atoms with Crippen molar-refractivity contribution in [1.82, 2.24) is 4.90 Å². The van der Waals surface area contributed by atoms with Crippen LogP contribution in [0.1, 0.15) is 0 Å². The Morgan fingerprint density at radius 3 is 2.61 bits per heavy atom. The van der Waals surface area contributed by atoms with Crippen molar-refractivity contribution in [3.8, 4) is 0 Å². The largest absolute Gasteiger partial charge is 0.452 e. The van der Waals surface area contributed by atoms with Gasteiger partial charge in [0.1, 0.15) is 35.7 Å². The fraction of sp³-hybridized carbons (Fsp3) is 0.429. The molecule has 0 bridgehead atoms. The van der Waals surface area contributed by atoms with Crippen LogP contribution in [0, 0.1) is 11.6 Å². The van der Waals surface area contributed by atoms with Gasteiger partial charge in [-0.15, -0.1) is 0 Å². The summed E-state index contributed by atoms with van der Waals surface area (Å²) in [6.07, 6.45) is -4.33. The lowest BCUT2D eigenvalue weighted by atomic mass is 10.1. The molecule has 4 atom stereocenters. The van der Waals surface area contributed by atoms with E-state index in [4.69, 9.17) is 9.84 Å². The lowest BCUT2D eigenvalue weighted by Crippen LogP contribution is -2.41. The molecule has 1 aliphatic rings. The standard InChI is InChI=1S/C14H18F2N2O5/c1-18-5-11(13(22)12(21)10(20)6-19)23-14(18)17-9-3-2-7(15)4-8(9)16/h2-5,10,12-14,17,19-22H,6H2,1H3. The van der Waals surface area contributed by atoms with Crippen molar-refractivity contribution >= 4 is 5.69 Å². The van der Waals surface area contributed by atoms with E-state index in [0.717, 1.165) is 6.07 Å². The second-order valence-corrected chi connectivity index (χ2v) is 5.12. The molecule has 128 valence electrons. The molecule has 0 aromatic heterocycles. The first-order valence-corrected chi connectivity index (χ1v) is 6.80. The molecule has 1 aromatic rings. The van der Waals surface area contributed by atoms with E-state index in [-0.39, 0.29) is 11.4 Å². The van der Waals surface area contributed by atoms with Gasteiger partial charge in [0, 0.05) is 19.3 Å². The molecular weight excluding hydrogens is 314 g/mol. The van der Waals surface area contributed by atoms with Crippen molar-refractivity contribution in [1.29, 1.82) is 0 Å². The molecule has 0 aliphatic carbocycles. The van der Waals surface area contributed by atoms with Crippen molar-refractivity contribution < 1.29 is 33.9 Å². The molecule has 7 nitrogen and oxygen atoms in total. The maximum Gasteiger partial charge on any atom is 0.250 e. The summed E-state index contributed by atoms with van der Waals surface area (Å²) in [5, 5.41) is 40.3. The third-order valence-corrected chi connectivity index (χ3v) is 3.35. The molecule has 9 heteroatoms. The van der Waals surface area contributed by atoms with Crippen LogP contribution in [-0.4, -0.2) is 63.6 Å². The Bertz CT molecular complexity index is 586. The van der Waals surface area contributed by atoms with Crippen LogP contribution < -0.4 is 5.32 Å². The molecule has 1 aromatic carbocycles. The smallest absolute Gasteiger partial charge is 0.250 e. The lowest BCUT2D eigenvalue weighted by Gasteiger charge is -2.25. The topological polar surface area (TPSA) is 105 Å². The SMILES string of the molecule is CN1C=C(C(O)C(O)C(O)CO)OC1Nc1ccc(F)cc1F. The first-order chi connectivity index (χ1) is 10.8. The average molecular weight is 332 g/mol. The fourth-order valence-corrected chi connectivity index (χ4v) is 2.01. The summed E-state index contributed by atoms with van der Waals surface area (Å²) >= 11 is 0. The van der Waals surface area contributed by atoms with Gasteiger partial charge in [-0.05, 0) is 12.1 Å². The monoisotopic (exact) mass is 332 g/mol. The maximum absolute atomic E-state index is 13.6. The second kappa shape index (κ2) is 7.09. The number of nitrogens with one attached hydrogen (secondary N) is 1. The molecule has 0 amide bonds. The molecule has 1 heterocycles. The molecule has 23 heavy (non-hydrogen) atoms. The van der Waals surface area contributed by atoms with E-state index in [1.165, 1.54) is 17.2 Å². The van der Waals surface area contributed by atoms with E-state index < -0.39 is 42.9 Å². The Balaban J connectivity index is 2.03. The molecular formula is C14H18F2N2O5. The molecule has 0 spiro atoms. The number of hydrogen-bond donors (Lipinski definition) is 5. The Morgan fingerprint density at radius 2 is 2.00 bits per heavy atom. The fourth-order valence-electron chi connectivity index (χ4n) is 2.01. The van der Waals surface area contributed by atoms with Crippen molar-refractivity contribution in [2.45, 2.75) is 24.7 Å². The molecule has 0 saturated carbocycles. The highest BCUT2D eigenvalue weighted by atomic mass is 19.1. The number of rotatable bonds is 6. The highest BCUT2D eigenvalue weighted by Crippen LogP contribution is 2.25.